The number of ether oxygens (including phenoxy) is 1. The molecule has 0 unspecified atom stereocenters. The number of aromatic nitrogens is 5. The minimum atomic E-state index is 0.156. The molecule has 1 N–H and O–H groups in total. The molecule has 7 heteroatoms. The minimum absolute atomic E-state index is 0.156. The van der Waals surface area contributed by atoms with E-state index in [1.165, 1.54) is 0 Å². The number of aryl methyl sites for hydroxylation is 1. The fraction of sp³-hybridized carbons (Fsp3) is 0.292. The van der Waals surface area contributed by atoms with E-state index in [2.05, 4.69) is 42.4 Å². The van der Waals surface area contributed by atoms with Gasteiger partial charge in [0.05, 0.1) is 11.6 Å². The lowest BCUT2D eigenvalue weighted by Gasteiger charge is -2.30. The van der Waals surface area contributed by atoms with Crippen LogP contribution >= 0.6 is 0 Å². The molecule has 0 aliphatic heterocycles. The zero-order chi connectivity index (χ0) is 21.0. The largest absolute Gasteiger partial charge is 0.488 e. The quantitative estimate of drug-likeness (QED) is 0.513. The lowest BCUT2D eigenvalue weighted by atomic mass is 9.93. The van der Waals surface area contributed by atoms with E-state index in [0.29, 0.717) is 6.04 Å². The van der Waals surface area contributed by atoms with Crippen LogP contribution in [0, 0.1) is 6.92 Å². The number of benzene rings is 1. The Morgan fingerprint density at radius 3 is 2.45 bits per heavy atom. The fourth-order valence-corrected chi connectivity index (χ4v) is 4.09. The van der Waals surface area contributed by atoms with E-state index in [1.807, 2.05) is 25.1 Å². The molecule has 156 valence electrons. The summed E-state index contributed by atoms with van der Waals surface area (Å²) in [6.07, 6.45) is 13.0. The maximum atomic E-state index is 6.48. The zero-order valence-corrected chi connectivity index (χ0v) is 17.4. The van der Waals surface area contributed by atoms with Gasteiger partial charge in [-0.3, -0.25) is 9.97 Å². The molecule has 1 aliphatic carbocycles. The predicted molar refractivity (Wildman–Crippen MR) is 120 cm³/mol. The summed E-state index contributed by atoms with van der Waals surface area (Å²) in [4.78, 5) is 21.8. The van der Waals surface area contributed by atoms with Crippen molar-refractivity contribution >= 4 is 16.9 Å². The Balaban J connectivity index is 1.32. The minimum Gasteiger partial charge on any atom is -0.488 e. The smallest absolute Gasteiger partial charge is 0.148 e. The van der Waals surface area contributed by atoms with E-state index >= 15 is 0 Å². The lowest BCUT2D eigenvalue weighted by Crippen LogP contribution is -2.31. The first-order valence-electron chi connectivity index (χ1n) is 10.6. The molecular formula is C24H24N6O. The fourth-order valence-electron chi connectivity index (χ4n) is 4.09. The highest BCUT2D eigenvalue weighted by molar-refractivity contribution is 5.86. The highest BCUT2D eigenvalue weighted by atomic mass is 16.5. The summed E-state index contributed by atoms with van der Waals surface area (Å²) in [5.74, 6) is 2.47. The Labute approximate surface area is 181 Å². The van der Waals surface area contributed by atoms with E-state index in [4.69, 9.17) is 4.74 Å². The Morgan fingerprint density at radius 2 is 1.65 bits per heavy atom. The summed E-state index contributed by atoms with van der Waals surface area (Å²) in [6.45, 7) is 1.91. The second-order valence-corrected chi connectivity index (χ2v) is 7.86. The highest BCUT2D eigenvalue weighted by Crippen LogP contribution is 2.33. The normalized spacial score (nSPS) is 18.6. The molecule has 31 heavy (non-hydrogen) atoms. The van der Waals surface area contributed by atoms with Crippen LogP contribution in [-0.4, -0.2) is 37.1 Å². The maximum Gasteiger partial charge on any atom is 0.148 e. The third-order valence-electron chi connectivity index (χ3n) is 5.65. The average Bonchev–Trinajstić information content (AvgIpc) is 2.81. The number of fused-ring (bicyclic) bond motifs is 1. The maximum absolute atomic E-state index is 6.48. The Hall–Kier alpha value is -3.61. The van der Waals surface area contributed by atoms with Gasteiger partial charge in [-0.25, -0.2) is 15.0 Å². The van der Waals surface area contributed by atoms with Gasteiger partial charge >= 0.3 is 0 Å². The molecule has 7 nitrogen and oxygen atoms in total. The summed E-state index contributed by atoms with van der Waals surface area (Å²) >= 11 is 0. The van der Waals surface area contributed by atoms with Crippen molar-refractivity contribution in [3.05, 3.63) is 67.1 Å². The van der Waals surface area contributed by atoms with Crippen molar-refractivity contribution in [2.75, 3.05) is 5.32 Å². The second-order valence-electron chi connectivity index (χ2n) is 7.86. The highest BCUT2D eigenvalue weighted by Gasteiger charge is 2.24. The number of rotatable bonds is 5. The summed E-state index contributed by atoms with van der Waals surface area (Å²) in [5.41, 5.74) is 3.78. The van der Waals surface area contributed by atoms with Gasteiger partial charge in [-0.1, -0.05) is 0 Å². The molecule has 0 saturated heterocycles. The summed E-state index contributed by atoms with van der Waals surface area (Å²) in [7, 11) is 0. The van der Waals surface area contributed by atoms with Crippen LogP contribution in [0.4, 0.5) is 5.82 Å². The average molecular weight is 412 g/mol. The zero-order valence-electron chi connectivity index (χ0n) is 17.4. The summed E-state index contributed by atoms with van der Waals surface area (Å²) in [5, 5.41) is 3.53. The van der Waals surface area contributed by atoms with Gasteiger partial charge in [0.15, 0.2) is 0 Å². The van der Waals surface area contributed by atoms with E-state index in [0.717, 1.165) is 65.2 Å². The first-order valence-corrected chi connectivity index (χ1v) is 10.6. The van der Waals surface area contributed by atoms with Crippen molar-refractivity contribution in [3.8, 4) is 16.9 Å². The van der Waals surface area contributed by atoms with Crippen molar-refractivity contribution in [2.24, 2.45) is 0 Å². The van der Waals surface area contributed by atoms with Crippen molar-refractivity contribution in [1.29, 1.82) is 0 Å². The van der Waals surface area contributed by atoms with Gasteiger partial charge in [0, 0.05) is 37.0 Å². The third kappa shape index (κ3) is 4.45. The molecule has 0 atom stereocenters. The van der Waals surface area contributed by atoms with E-state index < -0.39 is 0 Å². The van der Waals surface area contributed by atoms with Crippen LogP contribution in [0.5, 0.6) is 5.75 Å². The van der Waals surface area contributed by atoms with E-state index in [9.17, 15) is 0 Å². The molecule has 5 rings (SSSR count). The molecular weight excluding hydrogens is 388 g/mol. The van der Waals surface area contributed by atoms with Crippen LogP contribution in [0.1, 0.15) is 31.5 Å². The van der Waals surface area contributed by atoms with Gasteiger partial charge in [0.2, 0.25) is 0 Å². The van der Waals surface area contributed by atoms with Gasteiger partial charge < -0.3 is 10.1 Å². The monoisotopic (exact) mass is 412 g/mol. The van der Waals surface area contributed by atoms with E-state index in [1.54, 1.807) is 31.0 Å². The second kappa shape index (κ2) is 8.63. The molecule has 4 aromatic rings. The number of hydrogen-bond donors (Lipinski definition) is 1. The van der Waals surface area contributed by atoms with Gasteiger partial charge in [-0.2, -0.15) is 0 Å². The molecule has 0 radical (unpaired) electrons. The van der Waals surface area contributed by atoms with Crippen molar-refractivity contribution < 1.29 is 4.74 Å². The molecule has 0 spiro atoms. The standard InChI is InChI=1S/C24H24N6O/c1-16-26-11-8-23(29-16)30-19-2-4-20(5-3-19)31-22-15-18(17-6-9-25-10-7-17)14-21-24(22)28-13-12-27-21/h6-15,19-20H,2-5H2,1H3,(H,26,29,30). The first kappa shape index (κ1) is 19.4. The van der Waals surface area contributed by atoms with Crippen molar-refractivity contribution in [2.45, 2.75) is 44.8 Å². The van der Waals surface area contributed by atoms with E-state index in [-0.39, 0.29) is 6.10 Å². The molecule has 3 aromatic heterocycles. The van der Waals surface area contributed by atoms with Gasteiger partial charge in [-0.05, 0) is 74.1 Å². The number of hydrogen-bond acceptors (Lipinski definition) is 7. The number of anilines is 1. The van der Waals surface area contributed by atoms with Crippen LogP contribution in [0.3, 0.4) is 0 Å². The third-order valence-corrected chi connectivity index (χ3v) is 5.65. The number of pyridine rings is 1. The van der Waals surface area contributed by atoms with Crippen LogP contribution in [0.2, 0.25) is 0 Å². The molecule has 0 amide bonds. The van der Waals surface area contributed by atoms with Crippen molar-refractivity contribution in [1.82, 2.24) is 24.9 Å². The molecule has 0 bridgehead atoms. The van der Waals surface area contributed by atoms with Gasteiger partial charge in [0.25, 0.3) is 0 Å². The van der Waals surface area contributed by atoms with Crippen LogP contribution in [0.25, 0.3) is 22.2 Å². The van der Waals surface area contributed by atoms with Gasteiger partial charge in [0.1, 0.15) is 22.9 Å². The molecule has 1 aromatic carbocycles. The molecule has 1 saturated carbocycles. The topological polar surface area (TPSA) is 85.7 Å². The predicted octanol–water partition coefficient (Wildman–Crippen LogP) is 4.59. The van der Waals surface area contributed by atoms with Crippen LogP contribution < -0.4 is 10.1 Å². The molecule has 1 fully saturated rings. The Kier molecular flexibility index (Phi) is 5.39. The SMILES string of the molecule is Cc1nccc(NC2CCC(Oc3cc(-c4ccncc4)cc4nccnc34)CC2)n1. The lowest BCUT2D eigenvalue weighted by molar-refractivity contribution is 0.152. The van der Waals surface area contributed by atoms with Crippen LogP contribution in [-0.2, 0) is 0 Å². The first-order chi connectivity index (χ1) is 15.2. The van der Waals surface area contributed by atoms with Gasteiger partial charge in [-0.15, -0.1) is 0 Å². The summed E-state index contributed by atoms with van der Waals surface area (Å²) in [6, 6.07) is 10.4. The molecule has 1 aliphatic rings. The Morgan fingerprint density at radius 1 is 0.839 bits per heavy atom. The molecule has 3 heterocycles. The van der Waals surface area contributed by atoms with Crippen molar-refractivity contribution in [3.63, 3.8) is 0 Å². The number of nitrogens with one attached hydrogen (secondary N) is 1. The Bertz CT molecular complexity index is 1180. The number of nitrogens with zero attached hydrogens (tertiary/aromatic N) is 5. The summed E-state index contributed by atoms with van der Waals surface area (Å²) < 4.78 is 6.48. The van der Waals surface area contributed by atoms with Crippen LogP contribution in [0.15, 0.2) is 61.3 Å².